The van der Waals surface area contributed by atoms with Crippen LogP contribution in [0.25, 0.3) is 0 Å². The van der Waals surface area contributed by atoms with Gasteiger partial charge >= 0.3 is 5.97 Å². The lowest BCUT2D eigenvalue weighted by Crippen LogP contribution is -2.59. The van der Waals surface area contributed by atoms with Crippen LogP contribution in [0.1, 0.15) is 46.5 Å². The molecular weight excluding hydrogens is 388 g/mol. The second-order valence-corrected chi connectivity index (χ2v) is 9.06. The molecule has 3 aliphatic heterocycles. The van der Waals surface area contributed by atoms with E-state index in [1.165, 1.54) is 4.90 Å². The second kappa shape index (κ2) is 8.67. The summed E-state index contributed by atoms with van der Waals surface area (Å²) in [4.78, 5) is 42.5. The zero-order chi connectivity index (χ0) is 22.2. The minimum Gasteiger partial charge on any atom is -0.481 e. The lowest BCUT2D eigenvalue weighted by atomic mass is 9.70. The number of fused-ring (bicyclic) bond motifs is 1. The van der Waals surface area contributed by atoms with Gasteiger partial charge in [-0.15, -0.1) is 6.58 Å². The summed E-state index contributed by atoms with van der Waals surface area (Å²) >= 11 is 0. The predicted molar refractivity (Wildman–Crippen MR) is 109 cm³/mol. The van der Waals surface area contributed by atoms with Crippen molar-refractivity contribution >= 4 is 17.8 Å². The van der Waals surface area contributed by atoms with Crippen molar-refractivity contribution in [3.05, 3.63) is 12.7 Å². The maximum absolute atomic E-state index is 13.8. The van der Waals surface area contributed by atoms with E-state index in [0.29, 0.717) is 25.9 Å². The second-order valence-electron chi connectivity index (χ2n) is 9.06. The van der Waals surface area contributed by atoms with E-state index in [-0.39, 0.29) is 24.3 Å². The zero-order valence-corrected chi connectivity index (χ0v) is 18.1. The van der Waals surface area contributed by atoms with Gasteiger partial charge < -0.3 is 24.7 Å². The first-order chi connectivity index (χ1) is 14.2. The van der Waals surface area contributed by atoms with Crippen LogP contribution in [-0.4, -0.2) is 81.3 Å². The Morgan fingerprint density at radius 2 is 2.13 bits per heavy atom. The van der Waals surface area contributed by atoms with E-state index in [1.54, 1.807) is 11.0 Å². The molecule has 3 rings (SSSR count). The van der Waals surface area contributed by atoms with Crippen LogP contribution in [0.15, 0.2) is 12.7 Å². The summed E-state index contributed by atoms with van der Waals surface area (Å²) in [5, 5.41) is 19.9. The number of likely N-dealkylation sites (tertiary alicyclic amines) is 1. The van der Waals surface area contributed by atoms with Crippen molar-refractivity contribution in [3.63, 3.8) is 0 Å². The average Bonchev–Trinajstić information content (AvgIpc) is 3.33. The number of hydrogen-bond donors (Lipinski definition) is 2. The molecule has 2 unspecified atom stereocenters. The summed E-state index contributed by atoms with van der Waals surface area (Å²) in [6.07, 6.45) is 3.81. The highest BCUT2D eigenvalue weighted by Gasteiger charge is 2.75. The number of aliphatic hydroxyl groups excluding tert-OH is 1. The Balaban J connectivity index is 2.08. The molecule has 2 amide bonds. The highest BCUT2D eigenvalue weighted by atomic mass is 16.5. The molecule has 1 spiro atoms. The Morgan fingerprint density at radius 1 is 1.43 bits per heavy atom. The van der Waals surface area contributed by atoms with E-state index < -0.39 is 41.6 Å². The number of carbonyl (C=O) groups excluding carboxylic acids is 2. The molecule has 8 nitrogen and oxygen atoms in total. The van der Waals surface area contributed by atoms with E-state index in [0.717, 1.165) is 12.8 Å². The van der Waals surface area contributed by atoms with E-state index in [1.807, 2.05) is 20.8 Å². The van der Waals surface area contributed by atoms with Crippen LogP contribution < -0.4 is 0 Å². The number of unbranched alkanes of at least 4 members (excludes halogenated alkanes) is 1. The summed E-state index contributed by atoms with van der Waals surface area (Å²) in [7, 11) is 0. The molecule has 30 heavy (non-hydrogen) atoms. The molecular formula is C22H34N2O6. The topological polar surface area (TPSA) is 107 Å². The van der Waals surface area contributed by atoms with E-state index in [2.05, 4.69) is 6.58 Å². The van der Waals surface area contributed by atoms with E-state index >= 15 is 0 Å². The van der Waals surface area contributed by atoms with Gasteiger partial charge in [0.25, 0.3) is 0 Å². The quantitative estimate of drug-likeness (QED) is 0.514. The molecule has 0 aromatic carbocycles. The van der Waals surface area contributed by atoms with Crippen LogP contribution in [0, 0.1) is 17.8 Å². The molecule has 0 aromatic rings. The van der Waals surface area contributed by atoms with E-state index in [9.17, 15) is 24.6 Å². The number of carbonyl (C=O) groups is 3. The molecule has 3 saturated heterocycles. The fourth-order valence-corrected chi connectivity index (χ4v) is 5.60. The summed E-state index contributed by atoms with van der Waals surface area (Å²) < 4.78 is 6.20. The average molecular weight is 423 g/mol. The Bertz CT molecular complexity index is 710. The van der Waals surface area contributed by atoms with Crippen molar-refractivity contribution in [1.29, 1.82) is 0 Å². The number of ether oxygens (including phenoxy) is 1. The van der Waals surface area contributed by atoms with Gasteiger partial charge in [-0.3, -0.25) is 14.4 Å². The van der Waals surface area contributed by atoms with Gasteiger partial charge in [0, 0.05) is 13.1 Å². The van der Waals surface area contributed by atoms with Crippen molar-refractivity contribution in [2.45, 2.75) is 70.2 Å². The minimum absolute atomic E-state index is 0.103. The van der Waals surface area contributed by atoms with Gasteiger partial charge in [-0.2, -0.15) is 0 Å². The molecule has 0 aliphatic carbocycles. The Kier molecular flexibility index (Phi) is 6.57. The number of carboxylic acids is 1. The monoisotopic (exact) mass is 422 g/mol. The van der Waals surface area contributed by atoms with Gasteiger partial charge in [0.2, 0.25) is 11.8 Å². The molecule has 0 saturated carbocycles. The van der Waals surface area contributed by atoms with Crippen LogP contribution in [0.5, 0.6) is 0 Å². The smallest absolute Gasteiger partial charge is 0.310 e. The third-order valence-corrected chi connectivity index (χ3v) is 7.01. The molecule has 6 atom stereocenters. The normalized spacial score (nSPS) is 33.1. The lowest BCUT2D eigenvalue weighted by Gasteiger charge is -2.40. The van der Waals surface area contributed by atoms with Gasteiger partial charge in [0.15, 0.2) is 0 Å². The predicted octanol–water partition coefficient (Wildman–Crippen LogP) is 1.28. The fourth-order valence-electron chi connectivity index (χ4n) is 5.60. The summed E-state index contributed by atoms with van der Waals surface area (Å²) in [6.45, 7) is 10.1. The van der Waals surface area contributed by atoms with Gasteiger partial charge in [-0.1, -0.05) is 33.3 Å². The molecule has 2 bridgehead atoms. The largest absolute Gasteiger partial charge is 0.481 e. The Morgan fingerprint density at radius 3 is 2.67 bits per heavy atom. The van der Waals surface area contributed by atoms with Gasteiger partial charge in [-0.25, -0.2) is 0 Å². The number of aliphatic hydroxyl groups is 1. The Hall–Kier alpha value is -1.93. The third kappa shape index (κ3) is 3.34. The molecule has 3 aliphatic rings. The van der Waals surface area contributed by atoms with Crippen molar-refractivity contribution in [1.82, 2.24) is 9.80 Å². The molecule has 168 valence electrons. The fraction of sp³-hybridized carbons (Fsp3) is 0.773. The molecule has 2 N–H and O–H groups in total. The summed E-state index contributed by atoms with van der Waals surface area (Å²) in [6, 6.07) is -1.51. The SMILES string of the molecule is C=CCN(CCCC)C(=O)C1N([C@@H](CO)C(C)C)C(=O)[C@@H]2[C@@H](C(=O)O)[C@H]3CCC12O3. The van der Waals surface area contributed by atoms with Crippen LogP contribution in [0.3, 0.4) is 0 Å². The highest BCUT2D eigenvalue weighted by Crippen LogP contribution is 2.59. The van der Waals surface area contributed by atoms with Crippen molar-refractivity contribution in [3.8, 4) is 0 Å². The number of carboxylic acid groups (broad SMARTS) is 1. The number of aliphatic carboxylic acids is 1. The van der Waals surface area contributed by atoms with Crippen LogP contribution in [-0.2, 0) is 19.1 Å². The number of nitrogens with zero attached hydrogens (tertiary/aromatic N) is 2. The van der Waals surface area contributed by atoms with Crippen molar-refractivity contribution in [2.75, 3.05) is 19.7 Å². The molecule has 0 aromatic heterocycles. The lowest BCUT2D eigenvalue weighted by molar-refractivity contribution is -0.154. The molecule has 3 heterocycles. The zero-order valence-electron chi connectivity index (χ0n) is 18.1. The standard InChI is InChI=1S/C22H34N2O6/c1-5-7-11-23(10-6-2)20(27)18-22-9-8-15(30-22)16(21(28)29)17(22)19(26)24(18)14(12-25)13(3)4/h6,13-18,25H,2,5,7-12H2,1,3-4H3,(H,28,29)/t14-,15+,16-,17-,18?,22?/m0/s1. The number of amides is 2. The Labute approximate surface area is 177 Å². The third-order valence-electron chi connectivity index (χ3n) is 7.01. The molecule has 0 radical (unpaired) electrons. The van der Waals surface area contributed by atoms with Crippen molar-refractivity contribution in [2.24, 2.45) is 17.8 Å². The van der Waals surface area contributed by atoms with Gasteiger partial charge in [0.05, 0.1) is 30.6 Å². The first-order valence-corrected chi connectivity index (χ1v) is 11.0. The van der Waals surface area contributed by atoms with Gasteiger partial charge in [-0.05, 0) is 25.2 Å². The van der Waals surface area contributed by atoms with Gasteiger partial charge in [0.1, 0.15) is 11.6 Å². The summed E-state index contributed by atoms with van der Waals surface area (Å²) in [5.74, 6) is -3.65. The molecule has 3 fully saturated rings. The van der Waals surface area contributed by atoms with Crippen molar-refractivity contribution < 1.29 is 29.3 Å². The maximum atomic E-state index is 13.8. The van der Waals surface area contributed by atoms with Crippen LogP contribution in [0.2, 0.25) is 0 Å². The minimum atomic E-state index is -1.14. The highest BCUT2D eigenvalue weighted by molar-refractivity contribution is 5.98. The summed E-state index contributed by atoms with van der Waals surface area (Å²) in [5.41, 5.74) is -1.14. The number of hydrogen-bond acceptors (Lipinski definition) is 5. The maximum Gasteiger partial charge on any atom is 0.310 e. The van der Waals surface area contributed by atoms with Crippen LogP contribution >= 0.6 is 0 Å². The number of rotatable bonds is 10. The first-order valence-electron chi connectivity index (χ1n) is 11.0. The van der Waals surface area contributed by atoms with E-state index in [4.69, 9.17) is 4.74 Å². The first kappa shape index (κ1) is 22.7. The van der Waals surface area contributed by atoms with Crippen LogP contribution in [0.4, 0.5) is 0 Å². The molecule has 8 heteroatoms.